The Morgan fingerprint density at radius 3 is 2.06 bits per heavy atom. The molecule has 0 radical (unpaired) electrons. The fourth-order valence-corrected chi connectivity index (χ4v) is 1.45. The number of hydrogen-bond donors (Lipinski definition) is 0. The number of rotatable bonds is 14. The maximum Gasteiger partial charge on any atom is 0.0831 e. The number of hydrogen-bond acceptors (Lipinski definition) is 4. The van der Waals surface area contributed by atoms with Crippen LogP contribution >= 0.6 is 0 Å². The molecule has 1 saturated heterocycles. The van der Waals surface area contributed by atoms with E-state index < -0.39 is 0 Å². The molecule has 0 spiro atoms. The summed E-state index contributed by atoms with van der Waals surface area (Å²) >= 11 is 0. The van der Waals surface area contributed by atoms with E-state index in [1.165, 1.54) is 0 Å². The van der Waals surface area contributed by atoms with Gasteiger partial charge in [-0.25, -0.2) is 0 Å². The van der Waals surface area contributed by atoms with E-state index in [4.69, 9.17) is 18.9 Å². The first kappa shape index (κ1) is 15.6. The van der Waals surface area contributed by atoms with E-state index in [0.29, 0.717) is 6.10 Å². The number of epoxide rings is 1. The molecule has 0 aromatic heterocycles. The van der Waals surface area contributed by atoms with Crippen LogP contribution in [0.15, 0.2) is 12.7 Å². The van der Waals surface area contributed by atoms with Gasteiger partial charge in [0.2, 0.25) is 0 Å². The normalized spacial score (nSPS) is 17.9. The van der Waals surface area contributed by atoms with E-state index in [9.17, 15) is 0 Å². The van der Waals surface area contributed by atoms with Crippen LogP contribution in [0.3, 0.4) is 0 Å². The van der Waals surface area contributed by atoms with E-state index >= 15 is 0 Å². The van der Waals surface area contributed by atoms with Crippen LogP contribution in [0.2, 0.25) is 0 Å². The molecule has 1 heterocycles. The molecule has 18 heavy (non-hydrogen) atoms. The van der Waals surface area contributed by atoms with Crippen molar-refractivity contribution in [2.45, 2.75) is 31.8 Å². The summed E-state index contributed by atoms with van der Waals surface area (Å²) in [5, 5.41) is 0. The van der Waals surface area contributed by atoms with Crippen molar-refractivity contribution in [3.05, 3.63) is 12.7 Å². The van der Waals surface area contributed by atoms with Crippen LogP contribution in [0.4, 0.5) is 0 Å². The van der Waals surface area contributed by atoms with Crippen molar-refractivity contribution >= 4 is 0 Å². The Morgan fingerprint density at radius 2 is 1.50 bits per heavy atom. The molecule has 4 nitrogen and oxygen atoms in total. The summed E-state index contributed by atoms with van der Waals surface area (Å²) in [6.45, 7) is 9.22. The molecule has 1 aliphatic heterocycles. The molecule has 0 amide bonds. The van der Waals surface area contributed by atoms with Crippen LogP contribution < -0.4 is 0 Å². The molecule has 1 rings (SSSR count). The Morgan fingerprint density at radius 1 is 0.944 bits per heavy atom. The highest BCUT2D eigenvalue weighted by molar-refractivity contribution is 4.67. The minimum Gasteiger partial charge on any atom is -0.381 e. The quantitative estimate of drug-likeness (QED) is 0.272. The molecule has 0 saturated carbocycles. The highest BCUT2D eigenvalue weighted by Gasteiger charge is 2.21. The highest BCUT2D eigenvalue weighted by atomic mass is 16.6. The average molecular weight is 258 g/mol. The predicted molar refractivity (Wildman–Crippen MR) is 70.9 cm³/mol. The summed E-state index contributed by atoms with van der Waals surface area (Å²) in [5.41, 5.74) is 0. The second-order valence-corrected chi connectivity index (χ2v) is 4.37. The van der Waals surface area contributed by atoms with Crippen molar-refractivity contribution in [2.75, 3.05) is 46.2 Å². The van der Waals surface area contributed by atoms with Gasteiger partial charge in [-0.1, -0.05) is 6.08 Å². The first-order valence-corrected chi connectivity index (χ1v) is 6.89. The van der Waals surface area contributed by atoms with Crippen molar-refractivity contribution in [1.29, 1.82) is 0 Å². The van der Waals surface area contributed by atoms with E-state index in [2.05, 4.69) is 6.58 Å². The largest absolute Gasteiger partial charge is 0.381 e. The molecule has 1 atom stereocenters. The SMILES string of the molecule is C=CCCOCCCOCCCOCCC1CO1. The zero-order valence-corrected chi connectivity index (χ0v) is 11.3. The lowest BCUT2D eigenvalue weighted by atomic mass is 10.3. The monoisotopic (exact) mass is 258 g/mol. The van der Waals surface area contributed by atoms with Crippen LogP contribution in [-0.4, -0.2) is 52.4 Å². The van der Waals surface area contributed by atoms with E-state index in [1.54, 1.807) is 0 Å². The van der Waals surface area contributed by atoms with Gasteiger partial charge in [0.15, 0.2) is 0 Å². The van der Waals surface area contributed by atoms with Gasteiger partial charge in [-0.05, 0) is 25.7 Å². The smallest absolute Gasteiger partial charge is 0.0831 e. The molecule has 0 aliphatic carbocycles. The summed E-state index contributed by atoms with van der Waals surface area (Å²) in [6.07, 6.45) is 6.21. The molecule has 1 fully saturated rings. The molecule has 0 N–H and O–H groups in total. The lowest BCUT2D eigenvalue weighted by Crippen LogP contribution is -2.06. The Kier molecular flexibility index (Phi) is 10.1. The van der Waals surface area contributed by atoms with Gasteiger partial charge in [-0.15, -0.1) is 6.58 Å². The van der Waals surface area contributed by atoms with Crippen molar-refractivity contribution in [3.63, 3.8) is 0 Å². The van der Waals surface area contributed by atoms with Crippen LogP contribution in [0.5, 0.6) is 0 Å². The topological polar surface area (TPSA) is 40.2 Å². The minimum absolute atomic E-state index is 0.474. The summed E-state index contributed by atoms with van der Waals surface area (Å²) in [4.78, 5) is 0. The van der Waals surface area contributed by atoms with Gasteiger partial charge in [0, 0.05) is 39.6 Å². The average Bonchev–Trinajstić information content (AvgIpc) is 3.19. The predicted octanol–water partition coefficient (Wildman–Crippen LogP) is 2.18. The zero-order valence-electron chi connectivity index (χ0n) is 11.3. The Labute approximate surface area is 110 Å². The Bertz CT molecular complexity index is 192. The van der Waals surface area contributed by atoms with Crippen molar-refractivity contribution in [1.82, 2.24) is 0 Å². The summed E-state index contributed by atoms with van der Waals surface area (Å²) in [7, 11) is 0. The van der Waals surface area contributed by atoms with Crippen LogP contribution in [-0.2, 0) is 18.9 Å². The number of ether oxygens (including phenoxy) is 4. The summed E-state index contributed by atoms with van der Waals surface area (Å²) in [5.74, 6) is 0. The third kappa shape index (κ3) is 10.7. The zero-order chi connectivity index (χ0) is 12.9. The second kappa shape index (κ2) is 11.7. The molecular weight excluding hydrogens is 232 g/mol. The van der Waals surface area contributed by atoms with Crippen molar-refractivity contribution in [3.8, 4) is 0 Å². The lowest BCUT2D eigenvalue weighted by molar-refractivity contribution is 0.0627. The maximum absolute atomic E-state index is 5.48. The van der Waals surface area contributed by atoms with Gasteiger partial charge < -0.3 is 18.9 Å². The molecule has 1 unspecified atom stereocenters. The third-order valence-electron chi connectivity index (χ3n) is 2.61. The molecule has 0 aromatic rings. The molecular formula is C14H26O4. The summed E-state index contributed by atoms with van der Waals surface area (Å²) in [6, 6.07) is 0. The minimum atomic E-state index is 0.474. The molecule has 1 aliphatic rings. The molecule has 0 bridgehead atoms. The van der Waals surface area contributed by atoms with E-state index in [-0.39, 0.29) is 0 Å². The lowest BCUT2D eigenvalue weighted by Gasteiger charge is -2.05. The van der Waals surface area contributed by atoms with E-state index in [1.807, 2.05) is 6.08 Å². The van der Waals surface area contributed by atoms with Gasteiger partial charge in [0.05, 0.1) is 12.7 Å². The van der Waals surface area contributed by atoms with E-state index in [0.717, 1.165) is 71.9 Å². The first-order chi connectivity index (χ1) is 8.93. The Balaban J connectivity index is 1.61. The fourth-order valence-electron chi connectivity index (χ4n) is 1.45. The highest BCUT2D eigenvalue weighted by Crippen LogP contribution is 2.12. The molecule has 0 aromatic carbocycles. The van der Waals surface area contributed by atoms with Crippen LogP contribution in [0.1, 0.15) is 25.7 Å². The van der Waals surface area contributed by atoms with Crippen LogP contribution in [0, 0.1) is 0 Å². The fraction of sp³-hybridized carbons (Fsp3) is 0.857. The van der Waals surface area contributed by atoms with Crippen molar-refractivity contribution in [2.24, 2.45) is 0 Å². The van der Waals surface area contributed by atoms with Gasteiger partial charge >= 0.3 is 0 Å². The molecule has 4 heteroatoms. The van der Waals surface area contributed by atoms with Crippen molar-refractivity contribution < 1.29 is 18.9 Å². The Hall–Kier alpha value is -0.420. The maximum atomic E-state index is 5.48. The first-order valence-electron chi connectivity index (χ1n) is 6.89. The molecule has 106 valence electrons. The summed E-state index contributed by atoms with van der Waals surface area (Å²) < 4.78 is 21.4. The van der Waals surface area contributed by atoms with Gasteiger partial charge in [0.25, 0.3) is 0 Å². The van der Waals surface area contributed by atoms with Crippen LogP contribution in [0.25, 0.3) is 0 Å². The standard InChI is InChI=1S/C14H26O4/c1-2-3-7-15-8-4-9-16-10-5-11-17-12-6-14-13-18-14/h2,14H,1,3-13H2. The van der Waals surface area contributed by atoms with Gasteiger partial charge in [0.1, 0.15) is 0 Å². The van der Waals surface area contributed by atoms with Gasteiger partial charge in [-0.2, -0.15) is 0 Å². The third-order valence-corrected chi connectivity index (χ3v) is 2.61. The van der Waals surface area contributed by atoms with Gasteiger partial charge in [-0.3, -0.25) is 0 Å². The second-order valence-electron chi connectivity index (χ2n) is 4.37.